The molecule has 0 aliphatic rings. The van der Waals surface area contributed by atoms with Crippen LogP contribution in [0.1, 0.15) is 25.0 Å². The Labute approximate surface area is 85.3 Å². The second-order valence-electron chi connectivity index (χ2n) is 3.34. The Morgan fingerprint density at radius 1 is 1.50 bits per heavy atom. The summed E-state index contributed by atoms with van der Waals surface area (Å²) in [5.74, 6) is 0. The molecule has 1 aromatic rings. The van der Waals surface area contributed by atoms with E-state index >= 15 is 0 Å². The molecule has 3 nitrogen and oxygen atoms in total. The zero-order valence-electron chi connectivity index (χ0n) is 8.66. The molecule has 0 saturated carbocycles. The molecule has 0 radical (unpaired) electrons. The minimum atomic E-state index is 0.669. The fraction of sp³-hybridized carbons (Fsp3) is 0.545. The van der Waals surface area contributed by atoms with E-state index in [4.69, 9.17) is 5.26 Å². The Morgan fingerprint density at radius 2 is 2.36 bits per heavy atom. The molecule has 1 heterocycles. The summed E-state index contributed by atoms with van der Waals surface area (Å²) in [7, 11) is 1.95. The van der Waals surface area contributed by atoms with Crippen molar-refractivity contribution in [2.45, 2.75) is 32.4 Å². The molecular formula is C11H17N3. The number of hydrogen-bond donors (Lipinski definition) is 1. The van der Waals surface area contributed by atoms with Crippen LogP contribution in [-0.4, -0.2) is 11.6 Å². The molecule has 0 spiro atoms. The Bertz CT molecular complexity index is 296. The van der Waals surface area contributed by atoms with Gasteiger partial charge in [0, 0.05) is 31.4 Å². The van der Waals surface area contributed by atoms with Crippen LogP contribution >= 0.6 is 0 Å². The maximum absolute atomic E-state index is 8.40. The molecule has 0 amide bonds. The predicted octanol–water partition coefficient (Wildman–Crippen LogP) is 1.90. The van der Waals surface area contributed by atoms with Crippen LogP contribution in [0.25, 0.3) is 0 Å². The van der Waals surface area contributed by atoms with Crippen molar-refractivity contribution in [1.29, 1.82) is 5.26 Å². The molecular weight excluding hydrogens is 174 g/mol. The number of aryl methyl sites for hydroxylation is 1. The van der Waals surface area contributed by atoms with E-state index in [1.165, 1.54) is 5.69 Å². The van der Waals surface area contributed by atoms with Crippen LogP contribution in [0.15, 0.2) is 18.3 Å². The molecule has 0 bridgehead atoms. The second kappa shape index (κ2) is 6.22. The Hall–Kier alpha value is -1.27. The van der Waals surface area contributed by atoms with Crippen LogP contribution in [0, 0.1) is 11.3 Å². The molecule has 1 rings (SSSR count). The highest BCUT2D eigenvalue weighted by Gasteiger charge is 1.98. The third-order valence-electron chi connectivity index (χ3n) is 2.22. The van der Waals surface area contributed by atoms with E-state index in [0.717, 1.165) is 25.9 Å². The summed E-state index contributed by atoms with van der Waals surface area (Å²) in [5.41, 5.74) is 1.31. The highest BCUT2D eigenvalue weighted by Crippen LogP contribution is 2.05. The van der Waals surface area contributed by atoms with E-state index < -0.39 is 0 Å². The number of hydrogen-bond acceptors (Lipinski definition) is 2. The van der Waals surface area contributed by atoms with E-state index in [1.54, 1.807) is 0 Å². The first kappa shape index (κ1) is 10.8. The van der Waals surface area contributed by atoms with Gasteiger partial charge in [-0.05, 0) is 32.0 Å². The van der Waals surface area contributed by atoms with Crippen molar-refractivity contribution in [2.75, 3.05) is 7.05 Å². The summed E-state index contributed by atoms with van der Waals surface area (Å²) in [6, 6.07) is 6.36. The van der Waals surface area contributed by atoms with Gasteiger partial charge in [-0.1, -0.05) is 0 Å². The molecule has 0 aliphatic heterocycles. The maximum Gasteiger partial charge on any atom is 0.0621 e. The number of aromatic nitrogens is 1. The molecule has 0 fully saturated rings. The minimum absolute atomic E-state index is 0.669. The number of nitriles is 1. The van der Waals surface area contributed by atoms with Gasteiger partial charge >= 0.3 is 0 Å². The largest absolute Gasteiger partial charge is 0.350 e. The minimum Gasteiger partial charge on any atom is -0.350 e. The molecule has 1 aromatic heterocycles. The zero-order chi connectivity index (χ0) is 10.2. The number of nitrogens with zero attached hydrogens (tertiary/aromatic N) is 2. The SMILES string of the molecule is CNCc1cccn1CCCCC#N. The van der Waals surface area contributed by atoms with Crippen molar-refractivity contribution >= 4 is 0 Å². The maximum atomic E-state index is 8.40. The first-order valence-electron chi connectivity index (χ1n) is 5.04. The molecule has 0 saturated heterocycles. The smallest absolute Gasteiger partial charge is 0.0621 e. The Morgan fingerprint density at radius 3 is 3.07 bits per heavy atom. The third kappa shape index (κ3) is 3.23. The number of nitrogens with one attached hydrogen (secondary N) is 1. The van der Waals surface area contributed by atoms with E-state index in [9.17, 15) is 0 Å². The lowest BCUT2D eigenvalue weighted by molar-refractivity contribution is 0.587. The van der Waals surface area contributed by atoms with Crippen molar-refractivity contribution in [3.8, 4) is 6.07 Å². The zero-order valence-corrected chi connectivity index (χ0v) is 8.66. The van der Waals surface area contributed by atoms with E-state index in [0.29, 0.717) is 6.42 Å². The molecule has 14 heavy (non-hydrogen) atoms. The van der Waals surface area contributed by atoms with Crippen LogP contribution in [-0.2, 0) is 13.1 Å². The molecule has 0 aromatic carbocycles. The van der Waals surface area contributed by atoms with Crippen LogP contribution in [0.4, 0.5) is 0 Å². The Kier molecular flexibility index (Phi) is 4.81. The van der Waals surface area contributed by atoms with Crippen molar-refractivity contribution < 1.29 is 0 Å². The summed E-state index contributed by atoms with van der Waals surface area (Å²) in [5, 5.41) is 11.5. The number of rotatable bonds is 6. The molecule has 3 heteroatoms. The first-order valence-corrected chi connectivity index (χ1v) is 5.04. The van der Waals surface area contributed by atoms with Gasteiger partial charge in [0.1, 0.15) is 0 Å². The average Bonchev–Trinajstić information content (AvgIpc) is 2.61. The van der Waals surface area contributed by atoms with Gasteiger partial charge in [0.2, 0.25) is 0 Å². The quantitative estimate of drug-likeness (QED) is 0.698. The van der Waals surface area contributed by atoms with E-state index in [2.05, 4.69) is 34.3 Å². The molecule has 76 valence electrons. The Balaban J connectivity index is 2.34. The molecule has 0 unspecified atom stereocenters. The van der Waals surface area contributed by atoms with Crippen molar-refractivity contribution in [3.05, 3.63) is 24.0 Å². The van der Waals surface area contributed by atoms with Crippen LogP contribution in [0.2, 0.25) is 0 Å². The monoisotopic (exact) mass is 191 g/mol. The molecule has 0 atom stereocenters. The molecule has 0 aliphatic carbocycles. The van der Waals surface area contributed by atoms with Gasteiger partial charge < -0.3 is 9.88 Å². The summed E-state index contributed by atoms with van der Waals surface area (Å²) >= 11 is 0. The highest BCUT2D eigenvalue weighted by atomic mass is 15.0. The van der Waals surface area contributed by atoms with Crippen LogP contribution in [0.5, 0.6) is 0 Å². The standard InChI is InChI=1S/C11H17N3/c1-13-10-11-6-5-9-14(11)8-4-2-3-7-12/h5-6,9,13H,2-4,8,10H2,1H3. The third-order valence-corrected chi connectivity index (χ3v) is 2.22. The van der Waals surface area contributed by atoms with Gasteiger partial charge in [-0.25, -0.2) is 0 Å². The van der Waals surface area contributed by atoms with E-state index in [1.807, 2.05) is 7.05 Å². The van der Waals surface area contributed by atoms with Gasteiger partial charge in [0.15, 0.2) is 0 Å². The van der Waals surface area contributed by atoms with E-state index in [-0.39, 0.29) is 0 Å². The number of unbranched alkanes of at least 4 members (excludes halogenated alkanes) is 2. The van der Waals surface area contributed by atoms with Gasteiger partial charge in [0.05, 0.1) is 6.07 Å². The van der Waals surface area contributed by atoms with Gasteiger partial charge in [-0.3, -0.25) is 0 Å². The topological polar surface area (TPSA) is 40.8 Å². The highest BCUT2D eigenvalue weighted by molar-refractivity contribution is 5.06. The van der Waals surface area contributed by atoms with Gasteiger partial charge in [-0.15, -0.1) is 0 Å². The van der Waals surface area contributed by atoms with Crippen LogP contribution in [0.3, 0.4) is 0 Å². The van der Waals surface area contributed by atoms with Crippen molar-refractivity contribution in [3.63, 3.8) is 0 Å². The predicted molar refractivity (Wildman–Crippen MR) is 56.7 cm³/mol. The lowest BCUT2D eigenvalue weighted by atomic mass is 10.2. The molecule has 1 N–H and O–H groups in total. The fourth-order valence-electron chi connectivity index (χ4n) is 1.50. The van der Waals surface area contributed by atoms with Crippen molar-refractivity contribution in [1.82, 2.24) is 9.88 Å². The van der Waals surface area contributed by atoms with Gasteiger partial charge in [-0.2, -0.15) is 5.26 Å². The summed E-state index contributed by atoms with van der Waals surface area (Å²) in [6.45, 7) is 1.93. The summed E-state index contributed by atoms with van der Waals surface area (Å²) < 4.78 is 2.24. The fourth-order valence-corrected chi connectivity index (χ4v) is 1.50. The van der Waals surface area contributed by atoms with Crippen LogP contribution < -0.4 is 5.32 Å². The normalized spacial score (nSPS) is 10.0. The summed E-state index contributed by atoms with van der Waals surface area (Å²) in [6.07, 6.45) is 4.84. The van der Waals surface area contributed by atoms with Gasteiger partial charge in [0.25, 0.3) is 0 Å². The lowest BCUT2D eigenvalue weighted by Crippen LogP contribution is -2.10. The average molecular weight is 191 g/mol. The first-order chi connectivity index (χ1) is 6.88. The summed E-state index contributed by atoms with van der Waals surface area (Å²) in [4.78, 5) is 0. The van der Waals surface area contributed by atoms with Crippen molar-refractivity contribution in [2.24, 2.45) is 0 Å². The lowest BCUT2D eigenvalue weighted by Gasteiger charge is -2.07. The second-order valence-corrected chi connectivity index (χ2v) is 3.34.